The summed E-state index contributed by atoms with van der Waals surface area (Å²) in [6.07, 6.45) is 18.4. The highest BCUT2D eigenvalue weighted by Gasteiger charge is 2.59. The zero-order valence-electron chi connectivity index (χ0n) is 22.0. The topological polar surface area (TPSA) is 26.0 Å². The van der Waals surface area contributed by atoms with Crippen LogP contribution in [0.5, 0.6) is 0 Å². The molecular formula is C30H53N. The molecule has 0 spiro atoms. The van der Waals surface area contributed by atoms with Crippen LogP contribution < -0.4 is 5.73 Å². The van der Waals surface area contributed by atoms with Gasteiger partial charge in [-0.3, -0.25) is 0 Å². The third kappa shape index (κ3) is 4.20. The molecular weight excluding hydrogens is 374 g/mol. The molecule has 4 aliphatic rings. The Morgan fingerprint density at radius 2 is 1.74 bits per heavy atom. The van der Waals surface area contributed by atoms with Crippen LogP contribution in [0.1, 0.15) is 119 Å². The molecule has 1 heteroatoms. The van der Waals surface area contributed by atoms with Gasteiger partial charge < -0.3 is 5.73 Å². The average Bonchev–Trinajstić information content (AvgIpc) is 3.03. The van der Waals surface area contributed by atoms with Crippen molar-refractivity contribution in [3.05, 3.63) is 11.6 Å². The van der Waals surface area contributed by atoms with E-state index in [-0.39, 0.29) is 5.54 Å². The van der Waals surface area contributed by atoms with Crippen LogP contribution in [0, 0.1) is 52.3 Å². The Morgan fingerprint density at radius 1 is 1.00 bits per heavy atom. The SMILES string of the molecule is CC(C)CCCC(C)C1CCC2C3CC=C4CC(C(C)(C)N)CCC4(C)C3CCC12C. The Kier molecular flexibility index (Phi) is 6.53. The maximum atomic E-state index is 6.56. The van der Waals surface area contributed by atoms with E-state index in [4.69, 9.17) is 5.73 Å². The summed E-state index contributed by atoms with van der Waals surface area (Å²) in [5.74, 6) is 6.26. The molecule has 0 bridgehead atoms. The minimum Gasteiger partial charge on any atom is -0.325 e. The molecule has 0 aliphatic heterocycles. The quantitative estimate of drug-likeness (QED) is 0.423. The van der Waals surface area contributed by atoms with Gasteiger partial charge in [0, 0.05) is 5.54 Å². The molecule has 0 heterocycles. The van der Waals surface area contributed by atoms with Crippen LogP contribution in [-0.2, 0) is 0 Å². The van der Waals surface area contributed by atoms with Gasteiger partial charge in [-0.25, -0.2) is 0 Å². The molecule has 0 aromatic carbocycles. The van der Waals surface area contributed by atoms with Gasteiger partial charge >= 0.3 is 0 Å². The Morgan fingerprint density at radius 3 is 2.42 bits per heavy atom. The summed E-state index contributed by atoms with van der Waals surface area (Å²) in [5.41, 5.74) is 9.40. The molecule has 1 nitrogen and oxygen atoms in total. The second-order valence-corrected chi connectivity index (χ2v) is 14.1. The first-order valence-electron chi connectivity index (χ1n) is 13.9. The highest BCUT2D eigenvalue weighted by atomic mass is 14.7. The van der Waals surface area contributed by atoms with E-state index in [1.54, 1.807) is 5.57 Å². The monoisotopic (exact) mass is 427 g/mol. The van der Waals surface area contributed by atoms with E-state index < -0.39 is 0 Å². The van der Waals surface area contributed by atoms with Gasteiger partial charge in [-0.15, -0.1) is 0 Å². The van der Waals surface area contributed by atoms with E-state index in [9.17, 15) is 0 Å². The standard InChI is InChI=1S/C30H53N/c1-20(2)9-8-10-21(3)25-13-14-26-24-12-11-23-19-22(28(4,5)31)15-17-29(23,6)27(24)16-18-30(25,26)7/h11,20-22,24-27H,8-10,12-19,31H2,1-7H3. The first-order chi connectivity index (χ1) is 14.5. The first kappa shape index (κ1) is 23.8. The first-order valence-corrected chi connectivity index (χ1v) is 13.9. The molecule has 4 rings (SSSR count). The second kappa shape index (κ2) is 8.48. The Bertz CT molecular complexity index is 668. The van der Waals surface area contributed by atoms with Crippen molar-refractivity contribution >= 4 is 0 Å². The van der Waals surface area contributed by atoms with Crippen molar-refractivity contribution in [1.82, 2.24) is 0 Å². The van der Waals surface area contributed by atoms with Gasteiger partial charge in [0.2, 0.25) is 0 Å². The van der Waals surface area contributed by atoms with Crippen LogP contribution in [0.2, 0.25) is 0 Å². The zero-order chi connectivity index (χ0) is 22.6. The lowest BCUT2D eigenvalue weighted by atomic mass is 9.46. The molecule has 8 unspecified atom stereocenters. The lowest BCUT2D eigenvalue weighted by Crippen LogP contribution is -2.52. The zero-order valence-corrected chi connectivity index (χ0v) is 22.0. The lowest BCUT2D eigenvalue weighted by Gasteiger charge is -2.59. The van der Waals surface area contributed by atoms with Crippen LogP contribution in [0.25, 0.3) is 0 Å². The largest absolute Gasteiger partial charge is 0.325 e. The molecule has 3 saturated carbocycles. The summed E-state index contributed by atoms with van der Waals surface area (Å²) in [4.78, 5) is 0. The Hall–Kier alpha value is -0.300. The van der Waals surface area contributed by atoms with E-state index >= 15 is 0 Å². The van der Waals surface area contributed by atoms with Gasteiger partial charge in [0.05, 0.1) is 0 Å². The minimum absolute atomic E-state index is 0.0332. The number of nitrogens with two attached hydrogens (primary N) is 1. The van der Waals surface area contributed by atoms with Crippen molar-refractivity contribution in [3.8, 4) is 0 Å². The molecule has 178 valence electrons. The van der Waals surface area contributed by atoms with E-state index in [0.29, 0.717) is 16.7 Å². The van der Waals surface area contributed by atoms with Crippen molar-refractivity contribution in [3.63, 3.8) is 0 Å². The van der Waals surface area contributed by atoms with Crippen molar-refractivity contribution in [2.24, 2.45) is 58.0 Å². The minimum atomic E-state index is -0.0332. The fraction of sp³-hybridized carbons (Fsp3) is 0.933. The van der Waals surface area contributed by atoms with Crippen molar-refractivity contribution in [2.75, 3.05) is 0 Å². The number of hydrogen-bond donors (Lipinski definition) is 1. The predicted molar refractivity (Wildman–Crippen MR) is 135 cm³/mol. The van der Waals surface area contributed by atoms with E-state index in [1.807, 2.05) is 0 Å². The van der Waals surface area contributed by atoms with Gasteiger partial charge in [0.15, 0.2) is 0 Å². The molecule has 4 aliphatic carbocycles. The van der Waals surface area contributed by atoms with Gasteiger partial charge in [0.25, 0.3) is 0 Å². The maximum absolute atomic E-state index is 6.56. The molecule has 8 atom stereocenters. The maximum Gasteiger partial charge on any atom is 0.0128 e. The number of rotatable bonds is 6. The molecule has 2 N–H and O–H groups in total. The van der Waals surface area contributed by atoms with Gasteiger partial charge in [0.1, 0.15) is 0 Å². The third-order valence-electron chi connectivity index (χ3n) is 11.4. The van der Waals surface area contributed by atoms with Crippen molar-refractivity contribution < 1.29 is 0 Å². The third-order valence-corrected chi connectivity index (χ3v) is 11.4. The lowest BCUT2D eigenvalue weighted by molar-refractivity contribution is -0.0543. The van der Waals surface area contributed by atoms with Crippen molar-refractivity contribution in [1.29, 1.82) is 0 Å². The average molecular weight is 428 g/mol. The molecule has 0 aromatic rings. The fourth-order valence-electron chi connectivity index (χ4n) is 9.32. The summed E-state index contributed by atoms with van der Waals surface area (Å²) in [5, 5.41) is 0. The molecule has 0 aromatic heterocycles. The van der Waals surface area contributed by atoms with Crippen LogP contribution in [-0.4, -0.2) is 5.54 Å². The highest BCUT2D eigenvalue weighted by molar-refractivity contribution is 5.26. The van der Waals surface area contributed by atoms with E-state index in [2.05, 4.69) is 54.5 Å². The summed E-state index contributed by atoms with van der Waals surface area (Å²) in [6.45, 7) is 17.2. The van der Waals surface area contributed by atoms with Gasteiger partial charge in [-0.05, 0) is 117 Å². The fourth-order valence-corrected chi connectivity index (χ4v) is 9.32. The van der Waals surface area contributed by atoms with Gasteiger partial charge in [-0.1, -0.05) is 65.5 Å². The smallest absolute Gasteiger partial charge is 0.0128 e. The summed E-state index contributed by atoms with van der Waals surface area (Å²) in [6, 6.07) is 0. The molecule has 0 radical (unpaired) electrons. The van der Waals surface area contributed by atoms with Crippen LogP contribution in [0.3, 0.4) is 0 Å². The van der Waals surface area contributed by atoms with Crippen LogP contribution >= 0.6 is 0 Å². The Balaban J connectivity index is 1.49. The Labute approximate surface area is 194 Å². The van der Waals surface area contributed by atoms with Crippen LogP contribution in [0.15, 0.2) is 11.6 Å². The molecule has 3 fully saturated rings. The number of allylic oxidation sites excluding steroid dienone is 2. The number of hydrogen-bond acceptors (Lipinski definition) is 1. The number of fused-ring (bicyclic) bond motifs is 5. The van der Waals surface area contributed by atoms with Crippen molar-refractivity contribution in [2.45, 2.75) is 125 Å². The predicted octanol–water partition coefficient (Wildman–Crippen LogP) is 8.38. The van der Waals surface area contributed by atoms with E-state index in [0.717, 1.165) is 35.5 Å². The molecule has 0 saturated heterocycles. The normalized spacial score (nSPS) is 43.8. The second-order valence-electron chi connectivity index (χ2n) is 14.1. The summed E-state index contributed by atoms with van der Waals surface area (Å²) in [7, 11) is 0. The van der Waals surface area contributed by atoms with Gasteiger partial charge in [-0.2, -0.15) is 0 Å². The van der Waals surface area contributed by atoms with Crippen LogP contribution in [0.4, 0.5) is 0 Å². The molecule has 31 heavy (non-hydrogen) atoms. The summed E-state index contributed by atoms with van der Waals surface area (Å²) >= 11 is 0. The summed E-state index contributed by atoms with van der Waals surface area (Å²) < 4.78 is 0. The highest BCUT2D eigenvalue weighted by Crippen LogP contribution is 2.67. The molecule has 0 amide bonds. The van der Waals surface area contributed by atoms with E-state index in [1.165, 1.54) is 70.6 Å².